The van der Waals surface area contributed by atoms with Gasteiger partial charge in [-0.15, -0.1) is 0 Å². The Morgan fingerprint density at radius 1 is 1.07 bits per heavy atom. The van der Waals surface area contributed by atoms with Gasteiger partial charge in [-0.3, -0.25) is 4.79 Å². The van der Waals surface area contributed by atoms with Gasteiger partial charge in [-0.05, 0) is 36.6 Å². The third kappa shape index (κ3) is 2.95. The fourth-order valence-electron chi connectivity index (χ4n) is 4.56. The summed E-state index contributed by atoms with van der Waals surface area (Å²) in [6, 6.07) is 13.1. The Labute approximate surface area is 167 Å². The maximum absolute atomic E-state index is 13.3. The van der Waals surface area contributed by atoms with Crippen molar-refractivity contribution in [3.8, 4) is 0 Å². The van der Waals surface area contributed by atoms with Crippen LogP contribution in [0.2, 0.25) is 0 Å². The molecule has 4 rings (SSSR count). The molecule has 2 aromatic rings. The number of aryl methyl sites for hydroxylation is 2. The number of hydrogen-bond acceptors (Lipinski definition) is 3. The monoisotopic (exact) mass is 398 g/mol. The molecule has 1 amide bonds. The van der Waals surface area contributed by atoms with Gasteiger partial charge in [-0.1, -0.05) is 55.8 Å². The standard InChI is InChI=1S/C22H26N2O3S/c1-15-9-10-20(16(2)11-15)28(26,27)23-12-19-17-7-5-6-8-18(17)22(3,4)14-24(19)21(25)13-23/h5-11,19H,12-14H2,1-4H3. The topological polar surface area (TPSA) is 57.7 Å². The Morgan fingerprint density at radius 2 is 1.79 bits per heavy atom. The largest absolute Gasteiger partial charge is 0.332 e. The number of fused-ring (bicyclic) bond motifs is 3. The lowest BCUT2D eigenvalue weighted by molar-refractivity contribution is -0.139. The van der Waals surface area contributed by atoms with Gasteiger partial charge < -0.3 is 4.90 Å². The van der Waals surface area contributed by atoms with Crippen molar-refractivity contribution in [1.29, 1.82) is 0 Å². The molecule has 148 valence electrons. The molecule has 2 heterocycles. The molecular formula is C22H26N2O3S. The molecule has 2 aromatic carbocycles. The summed E-state index contributed by atoms with van der Waals surface area (Å²) in [4.78, 5) is 15.1. The molecule has 6 heteroatoms. The smallest absolute Gasteiger partial charge is 0.243 e. The van der Waals surface area contributed by atoms with Crippen LogP contribution in [0.5, 0.6) is 0 Å². The second kappa shape index (κ2) is 6.42. The lowest BCUT2D eigenvalue weighted by Gasteiger charge is -2.49. The minimum atomic E-state index is -3.74. The Hall–Kier alpha value is -2.18. The number of piperazine rings is 1. The van der Waals surface area contributed by atoms with Crippen LogP contribution in [0.15, 0.2) is 47.4 Å². The van der Waals surface area contributed by atoms with Crippen LogP contribution >= 0.6 is 0 Å². The molecule has 0 aliphatic carbocycles. The molecule has 5 nitrogen and oxygen atoms in total. The summed E-state index contributed by atoms with van der Waals surface area (Å²) in [6.45, 7) is 8.79. The molecule has 0 aromatic heterocycles. The molecule has 2 aliphatic rings. The van der Waals surface area contributed by atoms with E-state index in [-0.39, 0.29) is 35.3 Å². The second-order valence-corrected chi connectivity index (χ2v) is 10.5. The lowest BCUT2D eigenvalue weighted by Crippen LogP contribution is -2.58. The van der Waals surface area contributed by atoms with Gasteiger partial charge in [-0.25, -0.2) is 8.42 Å². The van der Waals surface area contributed by atoms with Crippen molar-refractivity contribution in [2.75, 3.05) is 19.6 Å². The van der Waals surface area contributed by atoms with Crippen molar-refractivity contribution < 1.29 is 13.2 Å². The number of amides is 1. The highest BCUT2D eigenvalue weighted by atomic mass is 32.2. The molecule has 1 unspecified atom stereocenters. The first kappa shape index (κ1) is 19.2. The number of hydrogen-bond donors (Lipinski definition) is 0. The van der Waals surface area contributed by atoms with Crippen molar-refractivity contribution in [2.45, 2.75) is 44.0 Å². The molecule has 0 N–H and O–H groups in total. The van der Waals surface area contributed by atoms with E-state index in [4.69, 9.17) is 0 Å². The summed E-state index contributed by atoms with van der Waals surface area (Å²) in [5.41, 5.74) is 3.81. The zero-order valence-corrected chi connectivity index (χ0v) is 17.6. The van der Waals surface area contributed by atoms with E-state index in [0.29, 0.717) is 12.1 Å². The van der Waals surface area contributed by atoms with Crippen molar-refractivity contribution in [3.63, 3.8) is 0 Å². The Kier molecular flexibility index (Phi) is 4.39. The van der Waals surface area contributed by atoms with Crippen molar-refractivity contribution in [2.24, 2.45) is 0 Å². The van der Waals surface area contributed by atoms with Crippen LogP contribution in [0.1, 0.15) is 42.1 Å². The zero-order chi connectivity index (χ0) is 20.3. The molecule has 0 spiro atoms. The van der Waals surface area contributed by atoms with Crippen LogP contribution in [-0.2, 0) is 20.2 Å². The number of benzene rings is 2. The van der Waals surface area contributed by atoms with Gasteiger partial charge >= 0.3 is 0 Å². The van der Waals surface area contributed by atoms with E-state index in [2.05, 4.69) is 19.9 Å². The molecule has 1 fully saturated rings. The number of sulfonamides is 1. The SMILES string of the molecule is Cc1ccc(S(=O)(=O)N2CC(=O)N3CC(C)(C)c4ccccc4C3C2)c(C)c1. The van der Waals surface area contributed by atoms with Crippen LogP contribution in [-0.4, -0.2) is 43.2 Å². The Balaban J connectivity index is 1.75. The van der Waals surface area contributed by atoms with Gasteiger partial charge in [0.25, 0.3) is 0 Å². The van der Waals surface area contributed by atoms with Crippen LogP contribution in [0.25, 0.3) is 0 Å². The molecule has 2 aliphatic heterocycles. The molecule has 0 radical (unpaired) electrons. The summed E-state index contributed by atoms with van der Waals surface area (Å²) in [6.07, 6.45) is 0. The van der Waals surface area contributed by atoms with Crippen LogP contribution in [0, 0.1) is 13.8 Å². The first-order valence-corrected chi connectivity index (χ1v) is 11.0. The lowest BCUT2D eigenvalue weighted by atomic mass is 9.75. The van der Waals surface area contributed by atoms with Crippen LogP contribution in [0.4, 0.5) is 0 Å². The predicted octanol–water partition coefficient (Wildman–Crippen LogP) is 3.17. The first-order chi connectivity index (χ1) is 13.1. The molecule has 1 saturated heterocycles. The quantitative estimate of drug-likeness (QED) is 0.781. The first-order valence-electron chi connectivity index (χ1n) is 9.57. The third-order valence-corrected chi connectivity index (χ3v) is 7.92. The number of nitrogens with zero attached hydrogens (tertiary/aromatic N) is 2. The molecule has 0 saturated carbocycles. The fraction of sp³-hybridized carbons (Fsp3) is 0.409. The maximum atomic E-state index is 13.3. The van der Waals surface area contributed by atoms with Gasteiger partial charge in [0.15, 0.2) is 0 Å². The van der Waals surface area contributed by atoms with Crippen LogP contribution < -0.4 is 0 Å². The summed E-state index contributed by atoms with van der Waals surface area (Å²) < 4.78 is 28.0. The Bertz CT molecular complexity index is 1060. The summed E-state index contributed by atoms with van der Waals surface area (Å²) in [5.74, 6) is -0.132. The van der Waals surface area contributed by atoms with E-state index in [1.165, 1.54) is 9.87 Å². The van der Waals surface area contributed by atoms with Gasteiger partial charge in [0.1, 0.15) is 0 Å². The van der Waals surface area contributed by atoms with E-state index < -0.39 is 10.0 Å². The van der Waals surface area contributed by atoms with E-state index in [1.807, 2.05) is 36.1 Å². The summed E-state index contributed by atoms with van der Waals surface area (Å²) >= 11 is 0. The summed E-state index contributed by atoms with van der Waals surface area (Å²) in [7, 11) is -3.74. The van der Waals surface area contributed by atoms with E-state index >= 15 is 0 Å². The van der Waals surface area contributed by atoms with Gasteiger partial charge in [0.2, 0.25) is 15.9 Å². The maximum Gasteiger partial charge on any atom is 0.243 e. The highest BCUT2D eigenvalue weighted by Crippen LogP contribution is 2.42. The highest BCUT2D eigenvalue weighted by molar-refractivity contribution is 7.89. The fourth-order valence-corrected chi connectivity index (χ4v) is 6.16. The number of carbonyl (C=O) groups excluding carboxylic acids is 1. The molecule has 1 atom stereocenters. The van der Waals surface area contributed by atoms with E-state index in [9.17, 15) is 13.2 Å². The van der Waals surface area contributed by atoms with Gasteiger partial charge in [0.05, 0.1) is 17.5 Å². The predicted molar refractivity (Wildman–Crippen MR) is 109 cm³/mol. The van der Waals surface area contributed by atoms with Crippen molar-refractivity contribution in [3.05, 3.63) is 64.7 Å². The normalized spacial score (nSPS) is 21.9. The van der Waals surface area contributed by atoms with Gasteiger partial charge in [-0.2, -0.15) is 4.31 Å². The summed E-state index contributed by atoms with van der Waals surface area (Å²) in [5, 5.41) is 0. The van der Waals surface area contributed by atoms with Crippen molar-refractivity contribution in [1.82, 2.24) is 9.21 Å². The molecule has 0 bridgehead atoms. The number of rotatable bonds is 2. The Morgan fingerprint density at radius 3 is 2.50 bits per heavy atom. The van der Waals surface area contributed by atoms with E-state index in [0.717, 1.165) is 11.1 Å². The van der Waals surface area contributed by atoms with Gasteiger partial charge in [0, 0.05) is 18.5 Å². The molecular weight excluding hydrogens is 372 g/mol. The van der Waals surface area contributed by atoms with E-state index in [1.54, 1.807) is 19.1 Å². The average Bonchev–Trinajstić information content (AvgIpc) is 2.62. The van der Waals surface area contributed by atoms with Crippen molar-refractivity contribution >= 4 is 15.9 Å². The third-order valence-electron chi connectivity index (χ3n) is 5.95. The zero-order valence-electron chi connectivity index (χ0n) is 16.8. The second-order valence-electron chi connectivity index (χ2n) is 8.58. The number of carbonyl (C=O) groups is 1. The van der Waals surface area contributed by atoms with Crippen LogP contribution in [0.3, 0.4) is 0 Å². The average molecular weight is 399 g/mol. The highest BCUT2D eigenvalue weighted by Gasteiger charge is 2.46. The molecule has 28 heavy (non-hydrogen) atoms. The minimum Gasteiger partial charge on any atom is -0.332 e. The minimum absolute atomic E-state index is 0.107.